The number of rotatable bonds is 5. The molecule has 5 rings (SSSR count). The first kappa shape index (κ1) is 26.0. The standard InChI is InChI=1S/C28H21BrClN3O4S/c1-15-23(26(35)32-18-8-4-3-5-9-18)24(17-7-6-10-19(14-17)37-2)33-27(36)22(38-28(33)31-15)13-16-11-20(29)25(34)21(30)12-16/h3-14,24,34H,1-2H3,(H,32,35)/b22-13+. The number of nitrogens with one attached hydrogen (secondary N) is 1. The van der Waals surface area contributed by atoms with E-state index in [0.29, 0.717) is 47.6 Å². The summed E-state index contributed by atoms with van der Waals surface area (Å²) >= 11 is 10.6. The second kappa shape index (κ2) is 10.6. The van der Waals surface area contributed by atoms with Gasteiger partial charge in [-0.2, -0.15) is 0 Å². The van der Waals surface area contributed by atoms with Crippen LogP contribution >= 0.6 is 38.9 Å². The van der Waals surface area contributed by atoms with Crippen molar-refractivity contribution in [2.75, 3.05) is 12.4 Å². The first-order valence-electron chi connectivity index (χ1n) is 11.5. The number of anilines is 1. The fourth-order valence-electron chi connectivity index (χ4n) is 4.28. The summed E-state index contributed by atoms with van der Waals surface area (Å²) in [6, 6.07) is 18.9. The van der Waals surface area contributed by atoms with Gasteiger partial charge in [0.05, 0.1) is 38.4 Å². The zero-order valence-electron chi connectivity index (χ0n) is 20.2. The summed E-state index contributed by atoms with van der Waals surface area (Å²) < 4.78 is 7.78. The number of carbonyl (C=O) groups excluding carboxylic acids is 1. The van der Waals surface area contributed by atoms with Gasteiger partial charge in [0, 0.05) is 5.69 Å². The number of thiazole rings is 1. The molecule has 0 bridgehead atoms. The van der Waals surface area contributed by atoms with Crippen LogP contribution in [0.3, 0.4) is 0 Å². The average molecular weight is 611 g/mol. The number of aromatic nitrogens is 1. The van der Waals surface area contributed by atoms with Crippen LogP contribution in [-0.4, -0.2) is 22.7 Å². The molecule has 1 aromatic heterocycles. The number of methoxy groups -OCH3 is 1. The lowest BCUT2D eigenvalue weighted by Gasteiger charge is -2.25. The van der Waals surface area contributed by atoms with Crippen molar-refractivity contribution < 1.29 is 14.6 Å². The van der Waals surface area contributed by atoms with Gasteiger partial charge in [0.25, 0.3) is 11.5 Å². The van der Waals surface area contributed by atoms with E-state index in [1.165, 1.54) is 15.9 Å². The zero-order chi connectivity index (χ0) is 27.0. The number of ether oxygens (including phenoxy) is 1. The average Bonchev–Trinajstić information content (AvgIpc) is 3.20. The van der Waals surface area contributed by atoms with Crippen LogP contribution in [0.15, 0.2) is 92.3 Å². The predicted octanol–water partition coefficient (Wildman–Crippen LogP) is 5.00. The van der Waals surface area contributed by atoms with E-state index >= 15 is 0 Å². The number of fused-ring (bicyclic) bond motifs is 1. The number of allylic oxidation sites excluding steroid dienone is 1. The number of halogens is 2. The van der Waals surface area contributed by atoms with Gasteiger partial charge in [0.15, 0.2) is 4.80 Å². The lowest BCUT2D eigenvalue weighted by Crippen LogP contribution is -2.40. The largest absolute Gasteiger partial charge is 0.505 e. The van der Waals surface area contributed by atoms with Gasteiger partial charge in [-0.1, -0.05) is 53.3 Å². The maximum Gasteiger partial charge on any atom is 0.271 e. The van der Waals surface area contributed by atoms with Crippen molar-refractivity contribution in [3.05, 3.63) is 118 Å². The highest BCUT2D eigenvalue weighted by molar-refractivity contribution is 9.10. The SMILES string of the molecule is COc1cccc(C2C(C(=O)Nc3ccccc3)=C(C)N=c3s/c(=C/c4cc(Cl)c(O)c(Br)c4)c(=O)n32)c1. The third kappa shape index (κ3) is 4.92. The normalized spacial score (nSPS) is 15.2. The van der Waals surface area contributed by atoms with Gasteiger partial charge in [-0.15, -0.1) is 0 Å². The number of hydrogen-bond donors (Lipinski definition) is 2. The topological polar surface area (TPSA) is 92.9 Å². The fourth-order valence-corrected chi connectivity index (χ4v) is 6.15. The Hall–Kier alpha value is -3.66. The van der Waals surface area contributed by atoms with E-state index in [-0.39, 0.29) is 22.2 Å². The summed E-state index contributed by atoms with van der Waals surface area (Å²) in [4.78, 5) is 32.6. The molecular formula is C28H21BrClN3O4S. The molecule has 1 atom stereocenters. The van der Waals surface area contributed by atoms with Crippen LogP contribution in [0.2, 0.25) is 5.02 Å². The summed E-state index contributed by atoms with van der Waals surface area (Å²) in [5, 5.41) is 13.1. The molecular weight excluding hydrogens is 590 g/mol. The maximum atomic E-state index is 13.8. The molecule has 2 heterocycles. The molecule has 0 fully saturated rings. The molecule has 7 nitrogen and oxygen atoms in total. The number of amides is 1. The van der Waals surface area contributed by atoms with Crippen LogP contribution in [0.1, 0.15) is 24.1 Å². The van der Waals surface area contributed by atoms with E-state index in [0.717, 1.165) is 0 Å². The van der Waals surface area contributed by atoms with Gasteiger partial charge in [-0.25, -0.2) is 4.99 Å². The first-order chi connectivity index (χ1) is 18.3. The second-order valence-corrected chi connectivity index (χ2v) is 10.8. The summed E-state index contributed by atoms with van der Waals surface area (Å²) in [5.74, 6) is 0.174. The van der Waals surface area contributed by atoms with Crippen LogP contribution in [-0.2, 0) is 4.79 Å². The molecule has 10 heteroatoms. The number of nitrogens with zero attached hydrogens (tertiary/aromatic N) is 2. The number of hydrogen-bond acceptors (Lipinski definition) is 6. The molecule has 0 radical (unpaired) electrons. The van der Waals surface area contributed by atoms with Crippen molar-refractivity contribution in [3.8, 4) is 11.5 Å². The minimum Gasteiger partial charge on any atom is -0.505 e. The highest BCUT2D eigenvalue weighted by atomic mass is 79.9. The molecule has 1 amide bonds. The van der Waals surface area contributed by atoms with Crippen molar-refractivity contribution >= 4 is 56.5 Å². The number of para-hydroxylation sites is 1. The number of carbonyl (C=O) groups is 1. The third-order valence-corrected chi connectivity index (χ3v) is 7.92. The van der Waals surface area contributed by atoms with E-state index in [2.05, 4.69) is 26.2 Å². The molecule has 1 aliphatic rings. The number of aromatic hydroxyl groups is 1. The lowest BCUT2D eigenvalue weighted by atomic mass is 9.95. The smallest absolute Gasteiger partial charge is 0.271 e. The van der Waals surface area contributed by atoms with Gasteiger partial charge in [-0.3, -0.25) is 14.2 Å². The molecule has 0 saturated carbocycles. The predicted molar refractivity (Wildman–Crippen MR) is 153 cm³/mol. The summed E-state index contributed by atoms with van der Waals surface area (Å²) in [6.07, 6.45) is 1.69. The Morgan fingerprint density at radius 3 is 2.66 bits per heavy atom. The summed E-state index contributed by atoms with van der Waals surface area (Å²) in [7, 11) is 1.57. The van der Waals surface area contributed by atoms with Gasteiger partial charge in [-0.05, 0) is 76.5 Å². The van der Waals surface area contributed by atoms with Gasteiger partial charge < -0.3 is 15.2 Å². The molecule has 1 aliphatic heterocycles. The van der Waals surface area contributed by atoms with Crippen LogP contribution in [0.25, 0.3) is 6.08 Å². The minimum atomic E-state index is -0.734. The first-order valence-corrected chi connectivity index (χ1v) is 13.5. The molecule has 0 saturated heterocycles. The molecule has 3 aromatic carbocycles. The Balaban J connectivity index is 1.70. The Labute approximate surface area is 235 Å². The van der Waals surface area contributed by atoms with E-state index in [1.54, 1.807) is 50.4 Å². The van der Waals surface area contributed by atoms with E-state index in [9.17, 15) is 14.7 Å². The van der Waals surface area contributed by atoms with E-state index in [1.807, 2.05) is 36.4 Å². The zero-order valence-corrected chi connectivity index (χ0v) is 23.4. The highest BCUT2D eigenvalue weighted by Gasteiger charge is 2.32. The summed E-state index contributed by atoms with van der Waals surface area (Å²) in [6.45, 7) is 1.76. The molecule has 4 aromatic rings. The Morgan fingerprint density at radius 1 is 1.18 bits per heavy atom. The van der Waals surface area contributed by atoms with Crippen LogP contribution in [0, 0.1) is 0 Å². The Kier molecular flexibility index (Phi) is 7.25. The van der Waals surface area contributed by atoms with Gasteiger partial charge in [0.1, 0.15) is 11.5 Å². The van der Waals surface area contributed by atoms with Gasteiger partial charge >= 0.3 is 0 Å². The Morgan fingerprint density at radius 2 is 1.95 bits per heavy atom. The van der Waals surface area contributed by atoms with Crippen molar-refractivity contribution in [1.29, 1.82) is 0 Å². The molecule has 0 spiro atoms. The van der Waals surface area contributed by atoms with Crippen molar-refractivity contribution in [2.24, 2.45) is 4.99 Å². The van der Waals surface area contributed by atoms with Crippen LogP contribution in [0.4, 0.5) is 5.69 Å². The lowest BCUT2D eigenvalue weighted by molar-refractivity contribution is -0.113. The molecule has 38 heavy (non-hydrogen) atoms. The fraction of sp³-hybridized carbons (Fsp3) is 0.107. The third-order valence-electron chi connectivity index (χ3n) is 6.04. The van der Waals surface area contributed by atoms with Crippen molar-refractivity contribution in [2.45, 2.75) is 13.0 Å². The highest BCUT2D eigenvalue weighted by Crippen LogP contribution is 2.34. The quantitative estimate of drug-likeness (QED) is 0.333. The van der Waals surface area contributed by atoms with Gasteiger partial charge in [0.2, 0.25) is 0 Å². The minimum absolute atomic E-state index is 0.0759. The monoisotopic (exact) mass is 609 g/mol. The van der Waals surface area contributed by atoms with Crippen molar-refractivity contribution in [3.63, 3.8) is 0 Å². The second-order valence-electron chi connectivity index (χ2n) is 8.51. The van der Waals surface area contributed by atoms with E-state index < -0.39 is 6.04 Å². The maximum absolute atomic E-state index is 13.8. The number of benzene rings is 3. The molecule has 2 N–H and O–H groups in total. The number of phenols is 1. The number of phenolic OH excluding ortho intramolecular Hbond substituents is 1. The van der Waals surface area contributed by atoms with Crippen molar-refractivity contribution in [1.82, 2.24) is 4.57 Å². The molecule has 1 unspecified atom stereocenters. The molecule has 0 aliphatic carbocycles. The summed E-state index contributed by atoms with van der Waals surface area (Å²) in [5.41, 5.74) is 2.53. The molecule has 192 valence electrons. The van der Waals surface area contributed by atoms with E-state index in [4.69, 9.17) is 16.3 Å². The Bertz CT molecular complexity index is 1760. The van der Waals surface area contributed by atoms with Crippen LogP contribution in [0.5, 0.6) is 11.5 Å². The van der Waals surface area contributed by atoms with Crippen LogP contribution < -0.4 is 24.9 Å².